The molecule has 0 N–H and O–H groups in total. The Balaban J connectivity index is 1.46. The van der Waals surface area contributed by atoms with Crippen molar-refractivity contribution < 1.29 is 14.2 Å². The second-order valence-electron chi connectivity index (χ2n) is 6.77. The van der Waals surface area contributed by atoms with E-state index in [4.69, 9.17) is 14.2 Å². The fourth-order valence-electron chi connectivity index (χ4n) is 3.30. The van der Waals surface area contributed by atoms with E-state index < -0.39 is 0 Å². The van der Waals surface area contributed by atoms with Crippen molar-refractivity contribution >= 4 is 0 Å². The molecule has 0 spiro atoms. The molecule has 3 nitrogen and oxygen atoms in total. The lowest BCUT2D eigenvalue weighted by atomic mass is 9.98. The first-order valence-electron chi connectivity index (χ1n) is 9.40. The topological polar surface area (TPSA) is 31.0 Å². The molecule has 3 rings (SSSR count). The Morgan fingerprint density at radius 2 is 1.87 bits per heavy atom. The number of ether oxygens (including phenoxy) is 3. The van der Waals surface area contributed by atoms with Crippen LogP contribution < -0.4 is 9.47 Å². The lowest BCUT2D eigenvalue weighted by Crippen LogP contribution is -2.05. The SMILES string of the molecule is CCCCCCCCCc1ccc(OCC2CO2)c2c1CCO2. The number of aryl methyl sites for hydroxylation is 1. The third-order valence-electron chi connectivity index (χ3n) is 4.80. The van der Waals surface area contributed by atoms with E-state index in [0.29, 0.717) is 12.7 Å². The molecule has 0 aliphatic carbocycles. The normalized spacial score (nSPS) is 18.6. The fraction of sp³-hybridized carbons (Fsp3) is 0.700. The Morgan fingerprint density at radius 1 is 1.09 bits per heavy atom. The van der Waals surface area contributed by atoms with Crippen molar-refractivity contribution in [2.45, 2.75) is 70.8 Å². The largest absolute Gasteiger partial charge is 0.489 e. The van der Waals surface area contributed by atoms with Crippen molar-refractivity contribution in [3.63, 3.8) is 0 Å². The first-order chi connectivity index (χ1) is 11.4. The van der Waals surface area contributed by atoms with E-state index >= 15 is 0 Å². The van der Waals surface area contributed by atoms with Crippen molar-refractivity contribution in [1.29, 1.82) is 0 Å². The van der Waals surface area contributed by atoms with Gasteiger partial charge in [-0.1, -0.05) is 51.5 Å². The van der Waals surface area contributed by atoms with Gasteiger partial charge in [-0.2, -0.15) is 0 Å². The molecule has 1 saturated heterocycles. The summed E-state index contributed by atoms with van der Waals surface area (Å²) in [5.41, 5.74) is 2.84. The van der Waals surface area contributed by atoms with Gasteiger partial charge < -0.3 is 14.2 Å². The summed E-state index contributed by atoms with van der Waals surface area (Å²) in [7, 11) is 0. The zero-order chi connectivity index (χ0) is 15.9. The fourth-order valence-corrected chi connectivity index (χ4v) is 3.30. The van der Waals surface area contributed by atoms with Crippen LogP contribution in [-0.4, -0.2) is 25.9 Å². The van der Waals surface area contributed by atoms with E-state index in [0.717, 1.165) is 31.1 Å². The van der Waals surface area contributed by atoms with Gasteiger partial charge in [0.25, 0.3) is 0 Å². The molecule has 0 radical (unpaired) electrons. The van der Waals surface area contributed by atoms with Gasteiger partial charge in [-0.3, -0.25) is 0 Å². The van der Waals surface area contributed by atoms with Crippen molar-refractivity contribution in [2.24, 2.45) is 0 Å². The Kier molecular flexibility index (Phi) is 6.21. The van der Waals surface area contributed by atoms with Crippen LogP contribution in [0.1, 0.15) is 63.0 Å². The van der Waals surface area contributed by atoms with Gasteiger partial charge in [-0.05, 0) is 24.5 Å². The summed E-state index contributed by atoms with van der Waals surface area (Å²) in [5.74, 6) is 1.89. The number of hydrogen-bond donors (Lipinski definition) is 0. The summed E-state index contributed by atoms with van der Waals surface area (Å²) in [5, 5.41) is 0. The highest BCUT2D eigenvalue weighted by molar-refractivity contribution is 5.53. The van der Waals surface area contributed by atoms with Crippen LogP contribution in [0.25, 0.3) is 0 Å². The first kappa shape index (κ1) is 16.6. The number of epoxide rings is 1. The molecule has 0 saturated carbocycles. The van der Waals surface area contributed by atoms with Crippen molar-refractivity contribution in [3.05, 3.63) is 23.3 Å². The maximum Gasteiger partial charge on any atom is 0.164 e. The minimum atomic E-state index is 0.291. The molecule has 0 amide bonds. The highest BCUT2D eigenvalue weighted by atomic mass is 16.6. The van der Waals surface area contributed by atoms with Gasteiger partial charge in [0, 0.05) is 12.0 Å². The first-order valence-corrected chi connectivity index (χ1v) is 9.40. The monoisotopic (exact) mass is 318 g/mol. The third-order valence-corrected chi connectivity index (χ3v) is 4.80. The van der Waals surface area contributed by atoms with Crippen molar-refractivity contribution in [2.75, 3.05) is 19.8 Å². The Hall–Kier alpha value is -1.22. The summed E-state index contributed by atoms with van der Waals surface area (Å²) in [6.07, 6.45) is 12.0. The number of fused-ring (bicyclic) bond motifs is 1. The van der Waals surface area contributed by atoms with Gasteiger partial charge in [-0.15, -0.1) is 0 Å². The molecule has 1 fully saturated rings. The van der Waals surface area contributed by atoms with E-state index in [1.807, 2.05) is 0 Å². The minimum absolute atomic E-state index is 0.291. The van der Waals surface area contributed by atoms with E-state index in [-0.39, 0.29) is 0 Å². The second kappa shape index (κ2) is 8.58. The van der Waals surface area contributed by atoms with Gasteiger partial charge >= 0.3 is 0 Å². The van der Waals surface area contributed by atoms with Crippen LogP contribution in [0.5, 0.6) is 11.5 Å². The molecule has 128 valence electrons. The summed E-state index contributed by atoms with van der Waals surface area (Å²) in [6, 6.07) is 4.33. The molecule has 2 heterocycles. The smallest absolute Gasteiger partial charge is 0.164 e. The summed E-state index contributed by atoms with van der Waals surface area (Å²) < 4.78 is 16.9. The molecule has 1 unspecified atom stereocenters. The second-order valence-corrected chi connectivity index (χ2v) is 6.77. The molecular weight excluding hydrogens is 288 g/mol. The van der Waals surface area contributed by atoms with Crippen LogP contribution in [0.15, 0.2) is 12.1 Å². The van der Waals surface area contributed by atoms with Gasteiger partial charge in [0.15, 0.2) is 11.5 Å². The van der Waals surface area contributed by atoms with Crippen LogP contribution in [-0.2, 0) is 17.6 Å². The van der Waals surface area contributed by atoms with E-state index in [9.17, 15) is 0 Å². The molecular formula is C20H30O3. The quantitative estimate of drug-likeness (QED) is 0.438. The highest BCUT2D eigenvalue weighted by Crippen LogP contribution is 2.38. The number of hydrogen-bond acceptors (Lipinski definition) is 3. The molecule has 23 heavy (non-hydrogen) atoms. The lowest BCUT2D eigenvalue weighted by molar-refractivity contribution is 0.249. The number of rotatable bonds is 11. The molecule has 1 atom stereocenters. The standard InChI is InChI=1S/C20H30O3/c1-2-3-4-5-6-7-8-9-16-10-11-19(23-15-17-14-22-17)20-18(16)12-13-21-20/h10-11,17H,2-9,12-15H2,1H3. The van der Waals surface area contributed by atoms with Crippen molar-refractivity contribution in [3.8, 4) is 11.5 Å². The summed E-state index contributed by atoms with van der Waals surface area (Å²) in [4.78, 5) is 0. The van der Waals surface area contributed by atoms with Crippen molar-refractivity contribution in [1.82, 2.24) is 0 Å². The Bertz CT molecular complexity index is 494. The molecule has 2 aliphatic heterocycles. The molecule has 0 bridgehead atoms. The third kappa shape index (κ3) is 4.87. The van der Waals surface area contributed by atoms with Crippen LogP contribution >= 0.6 is 0 Å². The van der Waals surface area contributed by atoms with Gasteiger partial charge in [0.05, 0.1) is 13.2 Å². The Morgan fingerprint density at radius 3 is 2.65 bits per heavy atom. The zero-order valence-corrected chi connectivity index (χ0v) is 14.4. The van der Waals surface area contributed by atoms with E-state index in [1.165, 1.54) is 62.5 Å². The zero-order valence-electron chi connectivity index (χ0n) is 14.4. The average Bonchev–Trinajstić information content (AvgIpc) is 3.26. The van der Waals surface area contributed by atoms with Gasteiger partial charge in [-0.25, -0.2) is 0 Å². The lowest BCUT2D eigenvalue weighted by Gasteiger charge is -2.12. The van der Waals surface area contributed by atoms with Crippen LogP contribution in [0, 0.1) is 0 Å². The molecule has 1 aromatic rings. The number of unbranched alkanes of at least 4 members (excludes halogenated alkanes) is 6. The summed E-state index contributed by atoms with van der Waals surface area (Å²) in [6.45, 7) is 4.54. The maximum absolute atomic E-state index is 5.86. The van der Waals surface area contributed by atoms with Gasteiger partial charge in [0.1, 0.15) is 12.7 Å². The maximum atomic E-state index is 5.86. The van der Waals surface area contributed by atoms with Gasteiger partial charge in [0.2, 0.25) is 0 Å². The van der Waals surface area contributed by atoms with Crippen LogP contribution in [0.2, 0.25) is 0 Å². The molecule has 2 aliphatic rings. The summed E-state index contributed by atoms with van der Waals surface area (Å²) >= 11 is 0. The predicted octanol–water partition coefficient (Wildman–Crippen LogP) is 4.69. The van der Waals surface area contributed by atoms with Crippen LogP contribution in [0.3, 0.4) is 0 Å². The molecule has 3 heteroatoms. The minimum Gasteiger partial charge on any atom is -0.489 e. The van der Waals surface area contributed by atoms with E-state index in [1.54, 1.807) is 0 Å². The average molecular weight is 318 g/mol. The number of benzene rings is 1. The van der Waals surface area contributed by atoms with Crippen LogP contribution in [0.4, 0.5) is 0 Å². The Labute approximate surface area is 140 Å². The highest BCUT2D eigenvalue weighted by Gasteiger charge is 2.26. The molecule has 0 aromatic heterocycles. The predicted molar refractivity (Wildman–Crippen MR) is 92.6 cm³/mol. The molecule has 1 aromatic carbocycles. The van der Waals surface area contributed by atoms with E-state index in [2.05, 4.69) is 19.1 Å².